The Morgan fingerprint density at radius 1 is 1.27 bits per heavy atom. The lowest BCUT2D eigenvalue weighted by Gasteiger charge is -2.29. The van der Waals surface area contributed by atoms with Gasteiger partial charge < -0.3 is 0 Å². The highest BCUT2D eigenvalue weighted by atomic mass is 32.2. The van der Waals surface area contributed by atoms with Crippen LogP contribution in [0.25, 0.3) is 0 Å². The van der Waals surface area contributed by atoms with Crippen LogP contribution in [0.3, 0.4) is 0 Å². The lowest BCUT2D eigenvalue weighted by Crippen LogP contribution is -2.44. The SMILES string of the molecule is CCN(C(C)(C)C)S([O])(=O)=O. The molecule has 1 radical (unpaired) electrons. The van der Waals surface area contributed by atoms with Crippen LogP contribution in [-0.2, 0) is 14.9 Å². The molecule has 0 atom stereocenters. The van der Waals surface area contributed by atoms with Crippen LogP contribution in [-0.4, -0.2) is 24.8 Å². The van der Waals surface area contributed by atoms with Crippen LogP contribution in [0.2, 0.25) is 0 Å². The van der Waals surface area contributed by atoms with Crippen LogP contribution in [0, 0.1) is 0 Å². The third-order valence-electron chi connectivity index (χ3n) is 1.31. The van der Waals surface area contributed by atoms with Gasteiger partial charge in [-0.3, -0.25) is 0 Å². The molecule has 0 aliphatic carbocycles. The van der Waals surface area contributed by atoms with Crippen LogP contribution in [0.4, 0.5) is 0 Å². The van der Waals surface area contributed by atoms with Crippen molar-refractivity contribution in [3.63, 3.8) is 0 Å². The van der Waals surface area contributed by atoms with Crippen LogP contribution < -0.4 is 0 Å². The van der Waals surface area contributed by atoms with Gasteiger partial charge in [0, 0.05) is 12.1 Å². The van der Waals surface area contributed by atoms with Crippen molar-refractivity contribution in [1.82, 2.24) is 4.31 Å². The average Bonchev–Trinajstić information content (AvgIpc) is 1.56. The fraction of sp³-hybridized carbons (Fsp3) is 1.00. The third-order valence-corrected chi connectivity index (χ3v) is 2.65. The molecule has 5 heteroatoms. The van der Waals surface area contributed by atoms with Crippen molar-refractivity contribution in [1.29, 1.82) is 0 Å². The van der Waals surface area contributed by atoms with E-state index < -0.39 is 15.8 Å². The molecule has 0 aromatic carbocycles. The first-order chi connectivity index (χ1) is 4.69. The maximum Gasteiger partial charge on any atom is 0.366 e. The van der Waals surface area contributed by atoms with Crippen molar-refractivity contribution in [2.45, 2.75) is 33.2 Å². The number of nitrogens with zero attached hydrogens (tertiary/aromatic N) is 1. The molecule has 0 bridgehead atoms. The molecule has 0 fully saturated rings. The predicted octanol–water partition coefficient (Wildman–Crippen LogP) is 0.782. The van der Waals surface area contributed by atoms with E-state index in [9.17, 15) is 13.0 Å². The first kappa shape index (κ1) is 10.9. The lowest BCUT2D eigenvalue weighted by molar-refractivity contribution is 0.221. The molecular weight excluding hydrogens is 166 g/mol. The third kappa shape index (κ3) is 3.18. The second-order valence-electron chi connectivity index (χ2n) is 3.29. The molecule has 0 aliphatic heterocycles. The Balaban J connectivity index is 4.72. The van der Waals surface area contributed by atoms with E-state index in [1.165, 1.54) is 0 Å². The van der Waals surface area contributed by atoms with Crippen molar-refractivity contribution in [3.05, 3.63) is 0 Å². The smallest absolute Gasteiger partial charge is 0.179 e. The standard InChI is InChI=1S/C6H14NO3S/c1-5-7(6(2,3)4)11(8,9)10/h5H2,1-4H3. The molecule has 0 aromatic rings. The molecule has 0 unspecified atom stereocenters. The van der Waals surface area contributed by atoms with Crippen LogP contribution in [0.1, 0.15) is 27.7 Å². The molecule has 0 rings (SSSR count). The maximum absolute atomic E-state index is 10.6. The van der Waals surface area contributed by atoms with Crippen molar-refractivity contribution >= 4 is 10.3 Å². The summed E-state index contributed by atoms with van der Waals surface area (Å²) in [7, 11) is -4.29. The fourth-order valence-electron chi connectivity index (χ4n) is 0.968. The van der Waals surface area contributed by atoms with Gasteiger partial charge in [0.1, 0.15) is 0 Å². The van der Waals surface area contributed by atoms with Gasteiger partial charge in [-0.25, -0.2) is 0 Å². The first-order valence-electron chi connectivity index (χ1n) is 3.43. The number of hydrogen-bond donors (Lipinski definition) is 0. The van der Waals surface area contributed by atoms with Crippen molar-refractivity contribution in [3.8, 4) is 0 Å². The highest BCUT2D eigenvalue weighted by molar-refractivity contribution is 7.83. The van der Waals surface area contributed by atoms with Crippen LogP contribution in [0.15, 0.2) is 0 Å². The summed E-state index contributed by atoms with van der Waals surface area (Å²) in [6.07, 6.45) is 0. The normalized spacial score (nSPS) is 14.0. The summed E-state index contributed by atoms with van der Waals surface area (Å²) in [5.74, 6) is 0. The molecule has 0 aliphatic rings. The zero-order valence-electron chi connectivity index (χ0n) is 7.29. The molecule has 4 nitrogen and oxygen atoms in total. The topological polar surface area (TPSA) is 57.3 Å². The van der Waals surface area contributed by atoms with Crippen LogP contribution in [0.5, 0.6) is 0 Å². The summed E-state index contributed by atoms with van der Waals surface area (Å²) in [6.45, 7) is 6.92. The summed E-state index contributed by atoms with van der Waals surface area (Å²) < 4.78 is 32.7. The molecule has 0 amide bonds. The molecule has 0 aromatic heterocycles. The number of rotatable bonds is 2. The highest BCUT2D eigenvalue weighted by Crippen LogP contribution is 2.15. The van der Waals surface area contributed by atoms with E-state index in [-0.39, 0.29) is 6.54 Å². The highest BCUT2D eigenvalue weighted by Gasteiger charge is 2.30. The Labute approximate surface area is 68.1 Å². The first-order valence-corrected chi connectivity index (χ1v) is 4.79. The monoisotopic (exact) mass is 180 g/mol. The van der Waals surface area contributed by atoms with Crippen LogP contribution >= 0.6 is 0 Å². The zero-order chi connectivity index (χ0) is 9.28. The Morgan fingerprint density at radius 3 is 1.64 bits per heavy atom. The van der Waals surface area contributed by atoms with Gasteiger partial charge in [0.25, 0.3) is 0 Å². The maximum atomic E-state index is 10.6. The molecular formula is C6H14NO3S. The minimum atomic E-state index is -4.29. The van der Waals surface area contributed by atoms with Crippen molar-refractivity contribution in [2.24, 2.45) is 0 Å². The molecule has 67 valence electrons. The summed E-state index contributed by atoms with van der Waals surface area (Å²) in [4.78, 5) is 0. The van der Waals surface area contributed by atoms with E-state index in [1.54, 1.807) is 27.7 Å². The quantitative estimate of drug-likeness (QED) is 0.630. The fourth-order valence-corrected chi connectivity index (χ4v) is 1.95. The molecule has 11 heavy (non-hydrogen) atoms. The van der Waals surface area contributed by atoms with Gasteiger partial charge in [-0.15, -0.1) is 0 Å². The van der Waals surface area contributed by atoms with Gasteiger partial charge in [0.2, 0.25) is 0 Å². The summed E-state index contributed by atoms with van der Waals surface area (Å²) in [5.41, 5.74) is -0.616. The van der Waals surface area contributed by atoms with Gasteiger partial charge in [0.15, 0.2) is 0 Å². The minimum absolute atomic E-state index is 0.218. The second kappa shape index (κ2) is 3.08. The van der Waals surface area contributed by atoms with Gasteiger partial charge in [0.05, 0.1) is 0 Å². The van der Waals surface area contributed by atoms with E-state index in [0.717, 1.165) is 4.31 Å². The molecule has 0 spiro atoms. The van der Waals surface area contributed by atoms with Gasteiger partial charge in [-0.05, 0) is 20.8 Å². The van der Waals surface area contributed by atoms with E-state index >= 15 is 0 Å². The van der Waals surface area contributed by atoms with Crippen molar-refractivity contribution in [2.75, 3.05) is 6.54 Å². The largest absolute Gasteiger partial charge is 0.366 e. The summed E-state index contributed by atoms with van der Waals surface area (Å²) in [5, 5.41) is 0. The number of hydrogen-bond acceptors (Lipinski definition) is 2. The Hall–Kier alpha value is -0.130. The van der Waals surface area contributed by atoms with E-state index in [4.69, 9.17) is 0 Å². The zero-order valence-corrected chi connectivity index (χ0v) is 8.10. The van der Waals surface area contributed by atoms with Gasteiger partial charge in [-0.2, -0.15) is 12.7 Å². The Morgan fingerprint density at radius 2 is 1.64 bits per heavy atom. The van der Waals surface area contributed by atoms with E-state index in [2.05, 4.69) is 0 Å². The minimum Gasteiger partial charge on any atom is -0.179 e. The van der Waals surface area contributed by atoms with Crippen molar-refractivity contribution < 1.29 is 13.0 Å². The van der Waals surface area contributed by atoms with Gasteiger partial charge >= 0.3 is 10.3 Å². The molecule has 0 heterocycles. The summed E-state index contributed by atoms with van der Waals surface area (Å²) in [6, 6.07) is 0. The molecule has 0 saturated carbocycles. The average molecular weight is 180 g/mol. The molecule has 0 N–H and O–H groups in total. The Kier molecular flexibility index (Phi) is 3.05. The lowest BCUT2D eigenvalue weighted by atomic mass is 10.1. The Bertz CT molecular complexity index is 214. The van der Waals surface area contributed by atoms with E-state index in [0.29, 0.717) is 0 Å². The summed E-state index contributed by atoms with van der Waals surface area (Å²) >= 11 is 0. The molecule has 0 saturated heterocycles. The van der Waals surface area contributed by atoms with E-state index in [1.807, 2.05) is 0 Å². The predicted molar refractivity (Wildman–Crippen MR) is 41.7 cm³/mol. The second-order valence-corrected chi connectivity index (χ2v) is 4.59. The van der Waals surface area contributed by atoms with Gasteiger partial charge in [-0.1, -0.05) is 11.5 Å².